The molecule has 0 heterocycles. The van der Waals surface area contributed by atoms with Gasteiger partial charge in [0.15, 0.2) is 0 Å². The first-order valence-corrected chi connectivity index (χ1v) is 7.65. The molecule has 1 aliphatic carbocycles. The summed E-state index contributed by atoms with van der Waals surface area (Å²) in [7, 11) is 2.12. The molecule has 0 aliphatic heterocycles. The lowest BCUT2D eigenvalue weighted by molar-refractivity contribution is 0.0973. The van der Waals surface area contributed by atoms with E-state index in [1.807, 2.05) is 0 Å². The van der Waals surface area contributed by atoms with Crippen LogP contribution >= 0.6 is 0 Å². The second-order valence-corrected chi connectivity index (χ2v) is 5.65. The maximum Gasteiger partial charge on any atom is 0.0113 e. The van der Waals surface area contributed by atoms with Gasteiger partial charge in [-0.1, -0.05) is 26.7 Å². The molecule has 2 nitrogen and oxygen atoms in total. The minimum Gasteiger partial charge on any atom is -0.317 e. The topological polar surface area (TPSA) is 15.3 Å². The van der Waals surface area contributed by atoms with Crippen molar-refractivity contribution in [1.29, 1.82) is 0 Å². The molecule has 1 saturated carbocycles. The molecule has 102 valence electrons. The van der Waals surface area contributed by atoms with Crippen LogP contribution in [0.3, 0.4) is 0 Å². The summed E-state index contributed by atoms with van der Waals surface area (Å²) in [6, 6.07) is 2.33. The Morgan fingerprint density at radius 1 is 1.29 bits per heavy atom. The Morgan fingerprint density at radius 2 is 2.06 bits per heavy atom. The Hall–Kier alpha value is -0.0800. The molecule has 2 heteroatoms. The fourth-order valence-corrected chi connectivity index (χ4v) is 3.07. The summed E-state index contributed by atoms with van der Waals surface area (Å²) in [5.41, 5.74) is 0. The third-order valence-electron chi connectivity index (χ3n) is 4.45. The summed E-state index contributed by atoms with van der Waals surface area (Å²) in [5.74, 6) is 0. The fraction of sp³-hybridized carbons (Fsp3) is 1.00. The highest BCUT2D eigenvalue weighted by molar-refractivity contribution is 4.85. The van der Waals surface area contributed by atoms with E-state index in [1.165, 1.54) is 51.5 Å². The molecule has 17 heavy (non-hydrogen) atoms. The summed E-state index contributed by atoms with van der Waals surface area (Å²) < 4.78 is 0. The van der Waals surface area contributed by atoms with Crippen LogP contribution in [-0.4, -0.2) is 36.6 Å². The maximum atomic E-state index is 3.48. The highest BCUT2D eigenvalue weighted by Gasteiger charge is 2.27. The van der Waals surface area contributed by atoms with Crippen LogP contribution in [-0.2, 0) is 0 Å². The van der Waals surface area contributed by atoms with Crippen molar-refractivity contribution in [3.63, 3.8) is 0 Å². The Bertz CT molecular complexity index is 193. The van der Waals surface area contributed by atoms with Crippen molar-refractivity contribution in [2.24, 2.45) is 0 Å². The molecule has 3 unspecified atom stereocenters. The molecule has 1 rings (SSSR count). The highest BCUT2D eigenvalue weighted by Crippen LogP contribution is 2.25. The van der Waals surface area contributed by atoms with E-state index in [2.05, 4.69) is 38.0 Å². The van der Waals surface area contributed by atoms with Gasteiger partial charge in [0, 0.05) is 18.1 Å². The minimum atomic E-state index is 0.752. The van der Waals surface area contributed by atoms with Gasteiger partial charge in [-0.05, 0) is 52.6 Å². The first-order chi connectivity index (χ1) is 8.22. The molecule has 0 saturated heterocycles. The molecule has 1 fully saturated rings. The number of nitrogens with one attached hydrogen (secondary N) is 1. The van der Waals surface area contributed by atoms with Gasteiger partial charge in [-0.25, -0.2) is 0 Å². The van der Waals surface area contributed by atoms with Crippen molar-refractivity contribution < 1.29 is 0 Å². The van der Waals surface area contributed by atoms with Crippen molar-refractivity contribution in [3.8, 4) is 0 Å². The molecule has 0 aromatic heterocycles. The lowest BCUT2D eigenvalue weighted by Crippen LogP contribution is -2.47. The zero-order chi connectivity index (χ0) is 12.7. The third kappa shape index (κ3) is 4.59. The summed E-state index contributed by atoms with van der Waals surface area (Å²) in [4.78, 5) is 2.78. The van der Waals surface area contributed by atoms with Gasteiger partial charge in [0.25, 0.3) is 0 Å². The number of hydrogen-bond donors (Lipinski definition) is 1. The van der Waals surface area contributed by atoms with Crippen LogP contribution in [0.15, 0.2) is 0 Å². The molecular formula is C15H32N2. The van der Waals surface area contributed by atoms with Gasteiger partial charge < -0.3 is 5.32 Å². The van der Waals surface area contributed by atoms with E-state index >= 15 is 0 Å². The molecule has 0 spiro atoms. The van der Waals surface area contributed by atoms with Crippen LogP contribution in [0.4, 0.5) is 0 Å². The van der Waals surface area contributed by atoms with Crippen LogP contribution in [0.25, 0.3) is 0 Å². The second kappa shape index (κ2) is 8.10. The maximum absolute atomic E-state index is 3.48. The van der Waals surface area contributed by atoms with Crippen molar-refractivity contribution in [2.45, 2.75) is 83.8 Å². The van der Waals surface area contributed by atoms with E-state index in [1.54, 1.807) is 0 Å². The van der Waals surface area contributed by atoms with Gasteiger partial charge in [-0.15, -0.1) is 0 Å². The van der Waals surface area contributed by atoms with Crippen molar-refractivity contribution >= 4 is 0 Å². The van der Waals surface area contributed by atoms with Gasteiger partial charge in [0.1, 0.15) is 0 Å². The molecule has 1 aliphatic rings. The normalized spacial score (nSPS) is 27.4. The number of hydrogen-bond acceptors (Lipinski definition) is 2. The predicted molar refractivity (Wildman–Crippen MR) is 76.5 cm³/mol. The first kappa shape index (κ1) is 15.0. The van der Waals surface area contributed by atoms with Crippen LogP contribution in [0.2, 0.25) is 0 Å². The Balaban J connectivity index is 2.54. The van der Waals surface area contributed by atoms with E-state index < -0.39 is 0 Å². The summed E-state index contributed by atoms with van der Waals surface area (Å²) in [6.45, 7) is 8.32. The van der Waals surface area contributed by atoms with Gasteiger partial charge in [0.2, 0.25) is 0 Å². The summed E-state index contributed by atoms with van der Waals surface area (Å²) >= 11 is 0. The van der Waals surface area contributed by atoms with E-state index in [-0.39, 0.29) is 0 Å². The molecular weight excluding hydrogens is 208 g/mol. The summed E-state index contributed by atoms with van der Waals surface area (Å²) in [5, 5.41) is 3.48. The Labute approximate surface area is 108 Å². The number of nitrogens with zero attached hydrogens (tertiary/aromatic N) is 1. The lowest BCUT2D eigenvalue weighted by atomic mass is 9.89. The van der Waals surface area contributed by atoms with Crippen molar-refractivity contribution in [3.05, 3.63) is 0 Å². The van der Waals surface area contributed by atoms with Crippen molar-refractivity contribution in [1.82, 2.24) is 10.2 Å². The predicted octanol–water partition coefficient (Wildman–Crippen LogP) is 3.42. The zero-order valence-electron chi connectivity index (χ0n) is 12.3. The van der Waals surface area contributed by atoms with E-state index in [0.29, 0.717) is 0 Å². The van der Waals surface area contributed by atoms with E-state index in [0.717, 1.165) is 18.1 Å². The van der Waals surface area contributed by atoms with Crippen LogP contribution in [0.1, 0.15) is 65.7 Å². The standard InChI is InChI=1S/C15H32N2/c1-5-7-11-17(13(3)6-2)15-10-8-9-14(12-15)16-4/h13-16H,5-12H2,1-4H3. The molecule has 0 aromatic carbocycles. The smallest absolute Gasteiger partial charge is 0.0113 e. The van der Waals surface area contributed by atoms with E-state index in [9.17, 15) is 0 Å². The average molecular weight is 240 g/mol. The van der Waals surface area contributed by atoms with Gasteiger partial charge >= 0.3 is 0 Å². The fourth-order valence-electron chi connectivity index (χ4n) is 3.07. The minimum absolute atomic E-state index is 0.752. The second-order valence-electron chi connectivity index (χ2n) is 5.65. The molecule has 0 aromatic rings. The Morgan fingerprint density at radius 3 is 2.65 bits per heavy atom. The van der Waals surface area contributed by atoms with Crippen molar-refractivity contribution in [2.75, 3.05) is 13.6 Å². The largest absolute Gasteiger partial charge is 0.317 e. The lowest BCUT2D eigenvalue weighted by Gasteiger charge is -2.40. The zero-order valence-corrected chi connectivity index (χ0v) is 12.3. The molecule has 0 radical (unpaired) electrons. The van der Waals surface area contributed by atoms with Gasteiger partial charge in [0.05, 0.1) is 0 Å². The number of unbranched alkanes of at least 4 members (excludes halogenated alkanes) is 1. The molecule has 0 amide bonds. The highest BCUT2D eigenvalue weighted by atomic mass is 15.2. The summed E-state index contributed by atoms with van der Waals surface area (Å²) in [6.07, 6.45) is 9.48. The molecule has 0 bridgehead atoms. The average Bonchev–Trinajstić information content (AvgIpc) is 2.39. The van der Waals surface area contributed by atoms with Crippen LogP contribution in [0, 0.1) is 0 Å². The SMILES string of the molecule is CCCCN(C(C)CC)C1CCCC(NC)C1. The van der Waals surface area contributed by atoms with Gasteiger partial charge in [-0.3, -0.25) is 4.90 Å². The molecule has 3 atom stereocenters. The Kier molecular flexibility index (Phi) is 7.14. The van der Waals surface area contributed by atoms with Gasteiger partial charge in [-0.2, -0.15) is 0 Å². The van der Waals surface area contributed by atoms with E-state index in [4.69, 9.17) is 0 Å². The quantitative estimate of drug-likeness (QED) is 0.733. The monoisotopic (exact) mass is 240 g/mol. The van der Waals surface area contributed by atoms with Crippen LogP contribution < -0.4 is 5.32 Å². The first-order valence-electron chi connectivity index (χ1n) is 7.65. The number of rotatable bonds is 7. The van der Waals surface area contributed by atoms with Crippen LogP contribution in [0.5, 0.6) is 0 Å². The molecule has 1 N–H and O–H groups in total. The third-order valence-corrected chi connectivity index (χ3v) is 4.45.